The number of benzene rings is 1. The van der Waals surface area contributed by atoms with Gasteiger partial charge >= 0.3 is 10.2 Å². The number of nitrogens with two attached hydrogens (primary N) is 1. The van der Waals surface area contributed by atoms with Gasteiger partial charge in [-0.25, -0.2) is 0 Å². The summed E-state index contributed by atoms with van der Waals surface area (Å²) in [6.45, 7) is 3.04. The lowest BCUT2D eigenvalue weighted by atomic mass is 10.2. The van der Waals surface area contributed by atoms with Gasteiger partial charge in [-0.15, -0.1) is 0 Å². The van der Waals surface area contributed by atoms with E-state index in [4.69, 9.17) is 5.73 Å². The number of aryl methyl sites for hydroxylation is 1. The van der Waals surface area contributed by atoms with Crippen molar-refractivity contribution in [2.45, 2.75) is 19.8 Å². The van der Waals surface area contributed by atoms with Gasteiger partial charge in [0.1, 0.15) is 0 Å². The predicted octanol–water partition coefficient (Wildman–Crippen LogP) is 2.09. The molecule has 0 unspecified atom stereocenters. The van der Waals surface area contributed by atoms with Gasteiger partial charge in [0.05, 0.1) is 11.4 Å². The summed E-state index contributed by atoms with van der Waals surface area (Å²) in [7, 11) is -3.50. The summed E-state index contributed by atoms with van der Waals surface area (Å²) in [6.07, 6.45) is 1.82. The van der Waals surface area contributed by atoms with Crippen LogP contribution in [0.4, 0.5) is 11.4 Å². The maximum atomic E-state index is 12.1. The van der Waals surface area contributed by atoms with Crippen LogP contribution in [0.5, 0.6) is 0 Å². The first-order valence-electron chi connectivity index (χ1n) is 5.73. The topological polar surface area (TPSA) is 75.4 Å². The molecule has 2 rings (SSSR count). The lowest BCUT2D eigenvalue weighted by Gasteiger charge is -2.19. The van der Waals surface area contributed by atoms with E-state index in [0.29, 0.717) is 28.9 Å². The van der Waals surface area contributed by atoms with Crippen molar-refractivity contribution in [3.05, 3.63) is 22.2 Å². The number of nitrogens with one attached hydrogen (secondary N) is 1. The number of halogens is 1. The van der Waals surface area contributed by atoms with Crippen molar-refractivity contribution in [3.63, 3.8) is 0 Å². The Kier molecular flexibility index (Phi) is 3.84. The lowest BCUT2D eigenvalue weighted by Crippen LogP contribution is -2.33. The molecule has 1 aromatic rings. The molecule has 1 aromatic carbocycles. The molecule has 1 saturated heterocycles. The standard InChI is InChI=1S/C11H16BrN3O2S/c1-8-6-9(12)11(10(13)7-8)14-18(16,17)15-4-2-3-5-15/h6-7,14H,2-5,13H2,1H3. The monoisotopic (exact) mass is 333 g/mol. The Morgan fingerprint density at radius 3 is 2.50 bits per heavy atom. The number of nitrogens with zero attached hydrogens (tertiary/aromatic N) is 1. The van der Waals surface area contributed by atoms with Crippen molar-refractivity contribution in [2.24, 2.45) is 0 Å². The van der Waals surface area contributed by atoms with Crippen LogP contribution in [0.25, 0.3) is 0 Å². The highest BCUT2D eigenvalue weighted by Gasteiger charge is 2.26. The van der Waals surface area contributed by atoms with E-state index in [0.717, 1.165) is 18.4 Å². The van der Waals surface area contributed by atoms with Gasteiger partial charge in [0.15, 0.2) is 0 Å². The van der Waals surface area contributed by atoms with Gasteiger partial charge in [-0.05, 0) is 53.4 Å². The Balaban J connectivity index is 2.29. The Bertz CT molecular complexity index is 530. The van der Waals surface area contributed by atoms with Crippen LogP contribution in [-0.2, 0) is 10.2 Å². The van der Waals surface area contributed by atoms with Gasteiger partial charge in [0.25, 0.3) is 0 Å². The van der Waals surface area contributed by atoms with Gasteiger partial charge in [0, 0.05) is 17.6 Å². The minimum Gasteiger partial charge on any atom is -0.397 e. The van der Waals surface area contributed by atoms with Crippen LogP contribution in [0.1, 0.15) is 18.4 Å². The highest BCUT2D eigenvalue weighted by molar-refractivity contribution is 9.10. The SMILES string of the molecule is Cc1cc(N)c(NS(=O)(=O)N2CCCC2)c(Br)c1. The van der Waals surface area contributed by atoms with Crippen LogP contribution >= 0.6 is 15.9 Å². The second kappa shape index (κ2) is 5.07. The zero-order chi connectivity index (χ0) is 13.3. The molecule has 0 aliphatic carbocycles. The molecule has 18 heavy (non-hydrogen) atoms. The van der Waals surface area contributed by atoms with Crippen molar-refractivity contribution >= 4 is 37.5 Å². The molecule has 0 radical (unpaired) electrons. The molecule has 5 nitrogen and oxygen atoms in total. The Hall–Kier alpha value is -0.790. The van der Waals surface area contributed by atoms with Crippen LogP contribution in [0.3, 0.4) is 0 Å². The molecule has 1 aliphatic heterocycles. The quantitative estimate of drug-likeness (QED) is 0.831. The molecule has 0 aromatic heterocycles. The van der Waals surface area contributed by atoms with E-state index in [1.165, 1.54) is 4.31 Å². The molecular weight excluding hydrogens is 318 g/mol. The normalized spacial score (nSPS) is 17.0. The van der Waals surface area contributed by atoms with Crippen molar-refractivity contribution in [3.8, 4) is 0 Å². The van der Waals surface area contributed by atoms with Gasteiger partial charge in [-0.2, -0.15) is 12.7 Å². The smallest absolute Gasteiger partial charge is 0.301 e. The lowest BCUT2D eigenvalue weighted by molar-refractivity contribution is 0.482. The maximum Gasteiger partial charge on any atom is 0.301 e. The van der Waals surface area contributed by atoms with Crippen LogP contribution in [0, 0.1) is 6.92 Å². The van der Waals surface area contributed by atoms with Crippen LogP contribution < -0.4 is 10.5 Å². The highest BCUT2D eigenvalue weighted by atomic mass is 79.9. The zero-order valence-corrected chi connectivity index (χ0v) is 12.5. The van der Waals surface area contributed by atoms with Gasteiger partial charge in [-0.1, -0.05) is 0 Å². The van der Waals surface area contributed by atoms with Crippen LogP contribution in [-0.4, -0.2) is 25.8 Å². The molecule has 1 aliphatic rings. The summed E-state index contributed by atoms with van der Waals surface area (Å²) in [5.74, 6) is 0. The highest BCUT2D eigenvalue weighted by Crippen LogP contribution is 2.31. The van der Waals surface area contributed by atoms with E-state index in [1.807, 2.05) is 13.0 Å². The van der Waals surface area contributed by atoms with E-state index in [1.54, 1.807) is 6.07 Å². The summed E-state index contributed by atoms with van der Waals surface area (Å²) in [5.41, 5.74) is 7.66. The average Bonchev–Trinajstić information content (AvgIpc) is 2.77. The second-order valence-electron chi connectivity index (χ2n) is 4.42. The summed E-state index contributed by atoms with van der Waals surface area (Å²) >= 11 is 3.33. The number of hydrogen-bond acceptors (Lipinski definition) is 3. The van der Waals surface area contributed by atoms with Crippen molar-refractivity contribution in [1.29, 1.82) is 0 Å². The third-order valence-electron chi connectivity index (χ3n) is 2.90. The molecule has 0 saturated carbocycles. The first-order chi connectivity index (χ1) is 8.40. The Morgan fingerprint density at radius 2 is 1.94 bits per heavy atom. The van der Waals surface area contributed by atoms with Crippen LogP contribution in [0.2, 0.25) is 0 Å². The molecule has 1 heterocycles. The molecule has 3 N–H and O–H groups in total. The third kappa shape index (κ3) is 2.78. The minimum atomic E-state index is -3.50. The van der Waals surface area contributed by atoms with Crippen molar-refractivity contribution in [1.82, 2.24) is 4.31 Å². The Morgan fingerprint density at radius 1 is 1.33 bits per heavy atom. The van der Waals surface area contributed by atoms with E-state index < -0.39 is 10.2 Å². The third-order valence-corrected chi connectivity index (χ3v) is 5.03. The van der Waals surface area contributed by atoms with E-state index in [-0.39, 0.29) is 0 Å². The number of rotatable bonds is 3. The molecular formula is C11H16BrN3O2S. The average molecular weight is 334 g/mol. The minimum absolute atomic E-state index is 0.410. The van der Waals surface area contributed by atoms with Crippen LogP contribution in [0.15, 0.2) is 16.6 Å². The molecule has 7 heteroatoms. The summed E-state index contributed by atoms with van der Waals surface area (Å²) in [5, 5.41) is 0. The number of nitrogen functional groups attached to an aromatic ring is 1. The predicted molar refractivity (Wildman–Crippen MR) is 76.6 cm³/mol. The van der Waals surface area contributed by atoms with E-state index >= 15 is 0 Å². The fourth-order valence-corrected chi connectivity index (χ4v) is 4.17. The van der Waals surface area contributed by atoms with Crippen molar-refractivity contribution < 1.29 is 8.42 Å². The molecule has 100 valence electrons. The number of anilines is 2. The Labute approximate surface area is 116 Å². The van der Waals surface area contributed by atoms with Gasteiger partial charge in [0.2, 0.25) is 0 Å². The van der Waals surface area contributed by atoms with E-state index in [2.05, 4.69) is 20.7 Å². The molecule has 0 bridgehead atoms. The van der Waals surface area contributed by atoms with Gasteiger partial charge < -0.3 is 5.73 Å². The molecule has 1 fully saturated rings. The fraction of sp³-hybridized carbons (Fsp3) is 0.455. The van der Waals surface area contributed by atoms with Gasteiger partial charge in [-0.3, -0.25) is 4.72 Å². The molecule has 0 amide bonds. The summed E-state index contributed by atoms with van der Waals surface area (Å²) in [4.78, 5) is 0. The zero-order valence-electron chi connectivity index (χ0n) is 10.1. The largest absolute Gasteiger partial charge is 0.397 e. The number of hydrogen-bond donors (Lipinski definition) is 2. The molecule has 0 atom stereocenters. The van der Waals surface area contributed by atoms with E-state index in [9.17, 15) is 8.42 Å². The summed E-state index contributed by atoms with van der Waals surface area (Å²) < 4.78 is 28.9. The molecule has 0 spiro atoms. The maximum absolute atomic E-state index is 12.1. The first-order valence-corrected chi connectivity index (χ1v) is 7.97. The second-order valence-corrected chi connectivity index (χ2v) is 6.95. The first kappa shape index (κ1) is 13.6. The summed E-state index contributed by atoms with van der Waals surface area (Å²) in [6, 6.07) is 3.57. The van der Waals surface area contributed by atoms with Crippen molar-refractivity contribution in [2.75, 3.05) is 23.5 Å². The fourth-order valence-electron chi connectivity index (χ4n) is 2.00.